The van der Waals surface area contributed by atoms with Crippen LogP contribution in [0.15, 0.2) is 42.5 Å². The van der Waals surface area contributed by atoms with Crippen LogP contribution in [0.1, 0.15) is 15.9 Å². The molecule has 0 aromatic heterocycles. The molecule has 126 valence electrons. The number of nitro benzene ring substituents is 1. The molecule has 2 aromatic rings. The molecule has 0 bridgehead atoms. The van der Waals surface area contributed by atoms with Gasteiger partial charge < -0.3 is 10.0 Å². The molecule has 0 aliphatic heterocycles. The van der Waals surface area contributed by atoms with Gasteiger partial charge in [-0.1, -0.05) is 53.5 Å². The van der Waals surface area contributed by atoms with Gasteiger partial charge >= 0.3 is 0 Å². The maximum atomic E-state index is 12.7. The summed E-state index contributed by atoms with van der Waals surface area (Å²) in [5.41, 5.74) is 0.477. The average Bonchev–Trinajstić information content (AvgIpc) is 2.57. The lowest BCUT2D eigenvalue weighted by atomic mass is 10.1. The molecule has 0 atom stereocenters. The molecule has 24 heavy (non-hydrogen) atoms. The number of aliphatic hydroxyl groups is 1. The molecule has 0 heterocycles. The Morgan fingerprint density at radius 3 is 2.46 bits per heavy atom. The van der Waals surface area contributed by atoms with Gasteiger partial charge in [-0.15, -0.1) is 0 Å². The highest BCUT2D eigenvalue weighted by Gasteiger charge is 2.23. The predicted octanol–water partition coefficient (Wildman–Crippen LogP) is 3.54. The molecule has 0 saturated heterocycles. The molecule has 2 rings (SSSR count). The van der Waals surface area contributed by atoms with E-state index in [4.69, 9.17) is 23.2 Å². The van der Waals surface area contributed by atoms with Crippen LogP contribution in [0.4, 0.5) is 5.69 Å². The van der Waals surface area contributed by atoms with E-state index in [1.807, 2.05) is 30.3 Å². The summed E-state index contributed by atoms with van der Waals surface area (Å²) in [6, 6.07) is 11.6. The molecule has 0 unspecified atom stereocenters. The van der Waals surface area contributed by atoms with Crippen molar-refractivity contribution in [2.45, 2.75) is 6.54 Å². The van der Waals surface area contributed by atoms with Crippen LogP contribution in [-0.4, -0.2) is 34.0 Å². The van der Waals surface area contributed by atoms with Gasteiger partial charge in [0.25, 0.3) is 11.6 Å². The third kappa shape index (κ3) is 4.23. The lowest BCUT2D eigenvalue weighted by molar-refractivity contribution is -0.384. The monoisotopic (exact) mass is 368 g/mol. The first kappa shape index (κ1) is 18.2. The summed E-state index contributed by atoms with van der Waals surface area (Å²) in [5.74, 6) is -0.477. The van der Waals surface area contributed by atoms with E-state index in [9.17, 15) is 20.0 Å². The second kappa shape index (κ2) is 8.10. The Bertz CT molecular complexity index is 753. The normalized spacial score (nSPS) is 10.5. The minimum atomic E-state index is -0.696. The molecule has 0 aliphatic carbocycles. The zero-order valence-electron chi connectivity index (χ0n) is 12.5. The number of rotatable bonds is 6. The Morgan fingerprint density at radius 1 is 1.21 bits per heavy atom. The third-order valence-corrected chi connectivity index (χ3v) is 4.12. The summed E-state index contributed by atoms with van der Waals surface area (Å²) in [4.78, 5) is 24.4. The molecular weight excluding hydrogens is 355 g/mol. The van der Waals surface area contributed by atoms with Gasteiger partial charge in [0.2, 0.25) is 0 Å². The Morgan fingerprint density at radius 2 is 1.88 bits per heavy atom. The molecule has 0 spiro atoms. The van der Waals surface area contributed by atoms with Crippen molar-refractivity contribution in [1.29, 1.82) is 0 Å². The average molecular weight is 369 g/mol. The van der Waals surface area contributed by atoms with Crippen molar-refractivity contribution in [2.24, 2.45) is 0 Å². The van der Waals surface area contributed by atoms with Gasteiger partial charge in [-0.25, -0.2) is 0 Å². The van der Waals surface area contributed by atoms with Crippen molar-refractivity contribution in [1.82, 2.24) is 4.90 Å². The van der Waals surface area contributed by atoms with Gasteiger partial charge in [-0.05, 0) is 11.6 Å². The SMILES string of the molecule is O=C(c1cc(Cl)c(Cl)c([N+](=O)[O-])c1)N(CCO)Cc1ccccc1. The molecule has 0 fully saturated rings. The summed E-state index contributed by atoms with van der Waals surface area (Å²) in [6.45, 7) is 0.109. The Kier molecular flexibility index (Phi) is 6.14. The Labute approximate surface area is 148 Å². The van der Waals surface area contributed by atoms with Crippen molar-refractivity contribution in [3.63, 3.8) is 0 Å². The first-order valence-electron chi connectivity index (χ1n) is 7.01. The van der Waals surface area contributed by atoms with E-state index in [1.54, 1.807) is 0 Å². The number of hydrogen-bond donors (Lipinski definition) is 1. The fourth-order valence-electron chi connectivity index (χ4n) is 2.19. The zero-order chi connectivity index (χ0) is 17.7. The van der Waals surface area contributed by atoms with E-state index in [2.05, 4.69) is 0 Å². The van der Waals surface area contributed by atoms with Crippen LogP contribution in [0, 0.1) is 10.1 Å². The molecule has 0 radical (unpaired) electrons. The molecule has 6 nitrogen and oxygen atoms in total. The van der Waals surface area contributed by atoms with E-state index >= 15 is 0 Å². The van der Waals surface area contributed by atoms with Crippen molar-refractivity contribution in [3.8, 4) is 0 Å². The third-order valence-electron chi connectivity index (χ3n) is 3.33. The predicted molar refractivity (Wildman–Crippen MR) is 91.4 cm³/mol. The van der Waals surface area contributed by atoms with Crippen LogP contribution in [0.25, 0.3) is 0 Å². The summed E-state index contributed by atoms with van der Waals surface area (Å²) >= 11 is 11.7. The number of amides is 1. The van der Waals surface area contributed by atoms with Crippen LogP contribution in [-0.2, 0) is 6.54 Å². The summed E-state index contributed by atoms with van der Waals surface area (Å²) in [5, 5.41) is 20.0. The minimum Gasteiger partial charge on any atom is -0.395 e. The highest BCUT2D eigenvalue weighted by molar-refractivity contribution is 6.43. The first-order valence-corrected chi connectivity index (χ1v) is 7.77. The molecule has 1 N–H and O–H groups in total. The topological polar surface area (TPSA) is 83.7 Å². The second-order valence-corrected chi connectivity index (χ2v) is 5.77. The van der Waals surface area contributed by atoms with Crippen LogP contribution in [0.2, 0.25) is 10.0 Å². The quantitative estimate of drug-likeness (QED) is 0.624. The van der Waals surface area contributed by atoms with E-state index in [0.29, 0.717) is 0 Å². The second-order valence-electron chi connectivity index (χ2n) is 4.98. The van der Waals surface area contributed by atoms with Gasteiger partial charge in [0, 0.05) is 24.7 Å². The molecule has 8 heteroatoms. The highest BCUT2D eigenvalue weighted by atomic mass is 35.5. The molecule has 1 amide bonds. The van der Waals surface area contributed by atoms with E-state index in [1.165, 1.54) is 11.0 Å². The highest BCUT2D eigenvalue weighted by Crippen LogP contribution is 2.33. The molecule has 0 saturated carbocycles. The summed E-state index contributed by atoms with van der Waals surface area (Å²) < 4.78 is 0. The smallest absolute Gasteiger partial charge is 0.290 e. The fourth-order valence-corrected chi connectivity index (χ4v) is 2.58. The summed E-state index contributed by atoms with van der Waals surface area (Å²) in [6.07, 6.45) is 0. The van der Waals surface area contributed by atoms with Gasteiger partial charge in [-0.3, -0.25) is 14.9 Å². The largest absolute Gasteiger partial charge is 0.395 e. The number of carbonyl (C=O) groups is 1. The lowest BCUT2D eigenvalue weighted by Gasteiger charge is -2.22. The zero-order valence-corrected chi connectivity index (χ0v) is 14.0. The number of carbonyl (C=O) groups excluding carboxylic acids is 1. The van der Waals surface area contributed by atoms with E-state index in [-0.39, 0.29) is 35.3 Å². The number of hydrogen-bond acceptors (Lipinski definition) is 4. The fraction of sp³-hybridized carbons (Fsp3) is 0.188. The number of nitro groups is 1. The summed E-state index contributed by atoms with van der Waals surface area (Å²) in [7, 11) is 0. The minimum absolute atomic E-state index is 0.0421. The number of benzene rings is 2. The standard InChI is InChI=1S/C16H14Cl2N2O4/c17-13-8-12(9-14(15(13)18)20(23)24)16(22)19(6-7-21)10-11-4-2-1-3-5-11/h1-5,8-9,21H,6-7,10H2. The van der Waals surface area contributed by atoms with Crippen LogP contribution in [0.5, 0.6) is 0 Å². The maximum Gasteiger partial charge on any atom is 0.290 e. The Hall–Kier alpha value is -2.15. The van der Waals surface area contributed by atoms with E-state index in [0.717, 1.165) is 11.6 Å². The van der Waals surface area contributed by atoms with Crippen molar-refractivity contribution < 1.29 is 14.8 Å². The number of nitrogens with zero attached hydrogens (tertiary/aromatic N) is 2. The lowest BCUT2D eigenvalue weighted by Crippen LogP contribution is -2.33. The van der Waals surface area contributed by atoms with Crippen LogP contribution >= 0.6 is 23.2 Å². The van der Waals surface area contributed by atoms with Gasteiger partial charge in [0.1, 0.15) is 5.02 Å². The number of halogens is 2. The molecule has 0 aliphatic rings. The molecular formula is C16H14Cl2N2O4. The molecule has 2 aromatic carbocycles. The first-order chi connectivity index (χ1) is 11.4. The maximum absolute atomic E-state index is 12.7. The van der Waals surface area contributed by atoms with Gasteiger partial charge in [0.05, 0.1) is 16.6 Å². The van der Waals surface area contributed by atoms with Crippen molar-refractivity contribution >= 4 is 34.8 Å². The van der Waals surface area contributed by atoms with Crippen LogP contribution < -0.4 is 0 Å². The van der Waals surface area contributed by atoms with Crippen molar-refractivity contribution in [2.75, 3.05) is 13.2 Å². The van der Waals surface area contributed by atoms with Crippen molar-refractivity contribution in [3.05, 3.63) is 73.8 Å². The Balaban J connectivity index is 2.34. The van der Waals surface area contributed by atoms with E-state index < -0.39 is 16.5 Å². The van der Waals surface area contributed by atoms with Crippen LogP contribution in [0.3, 0.4) is 0 Å². The van der Waals surface area contributed by atoms with Gasteiger partial charge in [-0.2, -0.15) is 0 Å². The number of aliphatic hydroxyl groups excluding tert-OH is 1. The van der Waals surface area contributed by atoms with Gasteiger partial charge in [0.15, 0.2) is 0 Å².